The Balaban J connectivity index is 1.41. The third kappa shape index (κ3) is 6.88. The molecule has 5 rings (SSSR count). The van der Waals surface area contributed by atoms with Gasteiger partial charge in [0, 0.05) is 17.1 Å². The Morgan fingerprint density at radius 2 is 1.48 bits per heavy atom. The van der Waals surface area contributed by atoms with E-state index in [-0.39, 0.29) is 38.5 Å². The molecule has 12 nitrogen and oxygen atoms in total. The van der Waals surface area contributed by atoms with Crippen molar-refractivity contribution in [1.82, 2.24) is 0 Å². The molecule has 0 aliphatic carbocycles. The monoisotopic (exact) mass is 659 g/mol. The maximum Gasteiger partial charge on any atom is 0.296 e. The van der Waals surface area contributed by atoms with Crippen molar-refractivity contribution in [1.29, 1.82) is 0 Å². The Morgan fingerprint density at radius 3 is 2.13 bits per heavy atom. The second-order valence-electron chi connectivity index (χ2n) is 10.4. The fourth-order valence-electron chi connectivity index (χ4n) is 4.65. The van der Waals surface area contributed by atoms with Gasteiger partial charge in [0.1, 0.15) is 22.0 Å². The number of phenolic OH excluding ortho intramolecular Hbond substituents is 1. The van der Waals surface area contributed by atoms with Crippen LogP contribution in [0.15, 0.2) is 115 Å². The molecule has 0 radical (unpaired) electrons. The van der Waals surface area contributed by atoms with Crippen molar-refractivity contribution in [2.45, 2.75) is 29.4 Å². The minimum Gasteiger partial charge on any atom is -0.505 e. The second-order valence-corrected chi connectivity index (χ2v) is 13.8. The zero-order valence-electron chi connectivity index (χ0n) is 24.9. The number of nitrogens with zero attached hydrogens (tertiary/aromatic N) is 4. The maximum atomic E-state index is 12.9. The number of nitrogens with two attached hydrogens (primary N) is 1. The van der Waals surface area contributed by atoms with E-state index >= 15 is 0 Å². The lowest BCUT2D eigenvalue weighted by atomic mass is 10.1. The quantitative estimate of drug-likeness (QED) is 0.0809. The summed E-state index contributed by atoms with van der Waals surface area (Å²) in [5, 5.41) is 27.9. The van der Waals surface area contributed by atoms with Gasteiger partial charge in [-0.15, -0.1) is 10.2 Å². The minimum atomic E-state index is -4.80. The molecule has 0 heterocycles. The molecule has 0 saturated carbocycles. The summed E-state index contributed by atoms with van der Waals surface area (Å²) in [4.78, 5) is -0.487. The van der Waals surface area contributed by atoms with Crippen molar-refractivity contribution in [2.24, 2.45) is 20.5 Å². The first-order valence-corrected chi connectivity index (χ1v) is 16.8. The highest BCUT2D eigenvalue weighted by atomic mass is 32.2. The molecule has 5 aromatic rings. The first kappa shape index (κ1) is 32.2. The Morgan fingerprint density at radius 1 is 0.804 bits per heavy atom. The fraction of sp³-hybridized carbons (Fsp3) is 0.125. The summed E-state index contributed by atoms with van der Waals surface area (Å²) < 4.78 is 65.3. The average molecular weight is 660 g/mol. The molecular formula is C32H29N5O7S2. The first-order chi connectivity index (χ1) is 21.8. The Bertz CT molecular complexity index is 2230. The van der Waals surface area contributed by atoms with Gasteiger partial charge in [-0.25, -0.2) is 8.42 Å². The first-order valence-electron chi connectivity index (χ1n) is 13.7. The number of rotatable bonds is 9. The summed E-state index contributed by atoms with van der Waals surface area (Å²) in [6, 6.07) is 22.3. The number of ether oxygens (including phenoxy) is 1. The van der Waals surface area contributed by atoms with Crippen molar-refractivity contribution < 1.29 is 31.2 Å². The Hall–Kier alpha value is -5.18. The molecule has 4 N–H and O–H groups in total. The standard InChI is InChI=1S/C32H29N5O7S2/c1-19-7-9-21(10-8-19)18-45(39,40)24-13-11-23(12-14-24)34-35-26-17-28(44-3)27(15-20(26)2)36-37-31-29(46(41,42)43)16-22-5-4-6-25(33)30(22)32(31)38/h4-17,38H,18,33H2,1-3H3,(H,41,42,43). The van der Waals surface area contributed by atoms with E-state index in [1.54, 1.807) is 43.3 Å². The molecule has 0 atom stereocenters. The summed E-state index contributed by atoms with van der Waals surface area (Å²) in [6.45, 7) is 3.66. The molecule has 236 valence electrons. The molecule has 0 bridgehead atoms. The van der Waals surface area contributed by atoms with Crippen LogP contribution in [0.1, 0.15) is 16.7 Å². The lowest BCUT2D eigenvalue weighted by molar-refractivity contribution is 0.416. The summed E-state index contributed by atoms with van der Waals surface area (Å²) in [7, 11) is -6.98. The number of azo groups is 2. The van der Waals surface area contributed by atoms with Crippen LogP contribution in [0.25, 0.3) is 10.8 Å². The third-order valence-electron chi connectivity index (χ3n) is 7.09. The van der Waals surface area contributed by atoms with Crippen molar-refractivity contribution in [3.8, 4) is 11.5 Å². The average Bonchev–Trinajstić information content (AvgIpc) is 3.00. The van der Waals surface area contributed by atoms with Crippen molar-refractivity contribution in [3.05, 3.63) is 102 Å². The van der Waals surface area contributed by atoms with Crippen LogP contribution in [0, 0.1) is 13.8 Å². The van der Waals surface area contributed by atoms with E-state index in [0.29, 0.717) is 22.5 Å². The SMILES string of the molecule is COc1cc(N=Nc2ccc(S(=O)(=O)Cc3ccc(C)cc3)cc2)c(C)cc1N=Nc1c(S(=O)(=O)O)cc2cccc(N)c2c1O. The number of aryl methyl sites for hydroxylation is 2. The maximum absolute atomic E-state index is 12.9. The number of anilines is 1. The summed E-state index contributed by atoms with van der Waals surface area (Å²) >= 11 is 0. The number of fused-ring (bicyclic) bond motifs is 1. The van der Waals surface area contributed by atoms with Gasteiger partial charge in [0.15, 0.2) is 15.6 Å². The zero-order chi connectivity index (χ0) is 33.2. The fourth-order valence-corrected chi connectivity index (χ4v) is 6.66. The van der Waals surface area contributed by atoms with E-state index < -0.39 is 36.3 Å². The summed E-state index contributed by atoms with van der Waals surface area (Å²) in [6.07, 6.45) is 0. The van der Waals surface area contributed by atoms with Crippen LogP contribution >= 0.6 is 0 Å². The molecule has 14 heteroatoms. The Kier molecular flexibility index (Phi) is 8.87. The van der Waals surface area contributed by atoms with E-state index in [1.807, 2.05) is 19.1 Å². The normalized spacial score (nSPS) is 12.3. The molecule has 0 amide bonds. The van der Waals surface area contributed by atoms with Gasteiger partial charge >= 0.3 is 0 Å². The highest BCUT2D eigenvalue weighted by Gasteiger charge is 2.23. The largest absolute Gasteiger partial charge is 0.505 e. The van der Waals surface area contributed by atoms with Crippen molar-refractivity contribution >= 4 is 59.2 Å². The van der Waals surface area contributed by atoms with Gasteiger partial charge < -0.3 is 15.6 Å². The number of nitrogen functional groups attached to an aromatic ring is 1. The number of aromatic hydroxyl groups is 1. The van der Waals surface area contributed by atoms with E-state index in [4.69, 9.17) is 10.5 Å². The van der Waals surface area contributed by atoms with Crippen LogP contribution in [0.2, 0.25) is 0 Å². The van der Waals surface area contributed by atoms with Gasteiger partial charge in [-0.05, 0) is 72.8 Å². The molecule has 0 aromatic heterocycles. The predicted molar refractivity (Wildman–Crippen MR) is 174 cm³/mol. The molecule has 0 unspecified atom stereocenters. The number of methoxy groups -OCH3 is 1. The highest BCUT2D eigenvalue weighted by Crippen LogP contribution is 2.44. The van der Waals surface area contributed by atoms with Crippen LogP contribution in [-0.2, 0) is 25.7 Å². The van der Waals surface area contributed by atoms with E-state index in [0.717, 1.165) is 11.6 Å². The molecule has 0 spiro atoms. The van der Waals surface area contributed by atoms with Crippen molar-refractivity contribution in [3.63, 3.8) is 0 Å². The number of sulfone groups is 1. The zero-order valence-corrected chi connectivity index (χ0v) is 26.5. The predicted octanol–water partition coefficient (Wildman–Crippen LogP) is 7.80. The summed E-state index contributed by atoms with van der Waals surface area (Å²) in [5.74, 6) is -0.487. The van der Waals surface area contributed by atoms with Crippen LogP contribution in [0.3, 0.4) is 0 Å². The van der Waals surface area contributed by atoms with Crippen LogP contribution in [0.5, 0.6) is 11.5 Å². The van der Waals surface area contributed by atoms with Crippen LogP contribution in [-0.4, -0.2) is 33.6 Å². The minimum absolute atomic E-state index is 0.123. The number of benzene rings is 5. The molecule has 0 fully saturated rings. The van der Waals surface area contributed by atoms with Crippen LogP contribution in [0.4, 0.5) is 28.4 Å². The number of hydrogen-bond donors (Lipinski definition) is 3. The molecular weight excluding hydrogens is 631 g/mol. The summed E-state index contributed by atoms with van der Waals surface area (Å²) in [5.41, 5.74) is 9.00. The lowest BCUT2D eigenvalue weighted by Gasteiger charge is -2.11. The number of phenols is 1. The van der Waals surface area contributed by atoms with Gasteiger partial charge in [-0.1, -0.05) is 42.0 Å². The van der Waals surface area contributed by atoms with Gasteiger partial charge in [0.25, 0.3) is 10.1 Å². The van der Waals surface area contributed by atoms with Gasteiger partial charge in [0.2, 0.25) is 0 Å². The van der Waals surface area contributed by atoms with E-state index in [9.17, 15) is 26.5 Å². The van der Waals surface area contributed by atoms with Gasteiger partial charge in [0.05, 0.1) is 29.1 Å². The topological polar surface area (TPSA) is 193 Å². The lowest BCUT2D eigenvalue weighted by Crippen LogP contribution is -2.04. The molecule has 5 aromatic carbocycles. The molecule has 0 saturated heterocycles. The second kappa shape index (κ2) is 12.7. The van der Waals surface area contributed by atoms with Gasteiger partial charge in [-0.2, -0.15) is 18.6 Å². The molecule has 0 aliphatic heterocycles. The van der Waals surface area contributed by atoms with Gasteiger partial charge in [-0.3, -0.25) is 4.55 Å². The number of hydrogen-bond acceptors (Lipinski definition) is 11. The van der Waals surface area contributed by atoms with Crippen LogP contribution < -0.4 is 10.5 Å². The smallest absolute Gasteiger partial charge is 0.296 e. The molecule has 46 heavy (non-hydrogen) atoms. The Labute approximate surface area is 265 Å². The van der Waals surface area contributed by atoms with Crippen molar-refractivity contribution in [2.75, 3.05) is 12.8 Å². The van der Waals surface area contributed by atoms with E-state index in [1.165, 1.54) is 37.4 Å². The molecule has 0 aliphatic rings. The highest BCUT2D eigenvalue weighted by molar-refractivity contribution is 7.90. The van der Waals surface area contributed by atoms with E-state index in [2.05, 4.69) is 20.5 Å². The third-order valence-corrected chi connectivity index (χ3v) is 9.66.